The van der Waals surface area contributed by atoms with E-state index in [2.05, 4.69) is 4.98 Å². The average molecular weight is 300 g/mol. The average Bonchev–Trinajstić information content (AvgIpc) is 2.80. The van der Waals surface area contributed by atoms with Gasteiger partial charge in [-0.3, -0.25) is 10.1 Å². The van der Waals surface area contributed by atoms with Gasteiger partial charge in [0.15, 0.2) is 4.34 Å². The molecule has 0 aliphatic carbocycles. The van der Waals surface area contributed by atoms with Gasteiger partial charge < -0.3 is 5.11 Å². The third-order valence-electron chi connectivity index (χ3n) is 2.03. The highest BCUT2D eigenvalue weighted by atomic mass is 32.2. The smallest absolute Gasteiger partial charge is 0.344 e. The van der Waals surface area contributed by atoms with Crippen molar-refractivity contribution in [1.29, 1.82) is 0 Å². The Morgan fingerprint density at radius 2 is 2.26 bits per heavy atom. The first kappa shape index (κ1) is 13.4. The predicted molar refractivity (Wildman–Crippen MR) is 66.3 cm³/mol. The second kappa shape index (κ2) is 5.33. The van der Waals surface area contributed by atoms with Crippen LogP contribution in [0.4, 0.5) is 9.39 Å². The standard InChI is InChI=1S/C10H5FN2O4S2/c11-6-2-1-5(9(14)15)3-7(6)18-10-12-4-8(19-10)13(16)17/h1-4H,(H,14,15). The molecule has 19 heavy (non-hydrogen) atoms. The van der Waals surface area contributed by atoms with Crippen molar-refractivity contribution < 1.29 is 19.2 Å². The number of carbonyl (C=O) groups is 1. The lowest BCUT2D eigenvalue weighted by molar-refractivity contribution is -0.380. The minimum atomic E-state index is -1.17. The SMILES string of the molecule is O=C(O)c1ccc(F)c(Sc2ncc([N+](=O)[O-])s2)c1. The van der Waals surface area contributed by atoms with Crippen molar-refractivity contribution in [2.75, 3.05) is 0 Å². The normalized spacial score (nSPS) is 10.4. The van der Waals surface area contributed by atoms with Crippen LogP contribution >= 0.6 is 23.1 Å². The van der Waals surface area contributed by atoms with Crippen molar-refractivity contribution in [1.82, 2.24) is 4.98 Å². The molecule has 2 aromatic rings. The molecule has 0 bridgehead atoms. The van der Waals surface area contributed by atoms with Crippen LogP contribution in [0.1, 0.15) is 10.4 Å². The van der Waals surface area contributed by atoms with E-state index in [1.165, 1.54) is 0 Å². The molecule has 6 nitrogen and oxygen atoms in total. The Kier molecular flexibility index (Phi) is 3.76. The molecule has 98 valence electrons. The molecule has 0 amide bonds. The van der Waals surface area contributed by atoms with Crippen LogP contribution in [0.25, 0.3) is 0 Å². The maximum absolute atomic E-state index is 13.5. The van der Waals surface area contributed by atoms with Crippen LogP contribution in [0.2, 0.25) is 0 Å². The zero-order chi connectivity index (χ0) is 14.0. The fourth-order valence-corrected chi connectivity index (χ4v) is 2.99. The Morgan fingerprint density at radius 1 is 1.53 bits per heavy atom. The zero-order valence-electron chi connectivity index (χ0n) is 9.07. The van der Waals surface area contributed by atoms with E-state index in [9.17, 15) is 19.3 Å². The summed E-state index contributed by atoms with van der Waals surface area (Å²) in [6.07, 6.45) is 1.08. The van der Waals surface area contributed by atoms with Gasteiger partial charge in [0.1, 0.15) is 12.0 Å². The first-order valence-corrected chi connectivity index (χ1v) is 6.41. The summed E-state index contributed by atoms with van der Waals surface area (Å²) in [7, 11) is 0. The molecular formula is C10H5FN2O4S2. The molecular weight excluding hydrogens is 295 g/mol. The molecule has 0 spiro atoms. The van der Waals surface area contributed by atoms with E-state index in [1.807, 2.05) is 0 Å². The van der Waals surface area contributed by atoms with E-state index < -0.39 is 16.7 Å². The summed E-state index contributed by atoms with van der Waals surface area (Å²) in [4.78, 5) is 24.5. The van der Waals surface area contributed by atoms with E-state index in [0.717, 1.165) is 47.5 Å². The molecule has 0 aliphatic heterocycles. The van der Waals surface area contributed by atoms with Gasteiger partial charge in [-0.05, 0) is 29.5 Å². The van der Waals surface area contributed by atoms with E-state index in [4.69, 9.17) is 5.11 Å². The van der Waals surface area contributed by atoms with Gasteiger partial charge in [-0.15, -0.1) is 0 Å². The Balaban J connectivity index is 2.29. The highest BCUT2D eigenvalue weighted by Crippen LogP contribution is 2.35. The van der Waals surface area contributed by atoms with Gasteiger partial charge in [0.2, 0.25) is 0 Å². The topological polar surface area (TPSA) is 93.3 Å². The van der Waals surface area contributed by atoms with Gasteiger partial charge in [0.05, 0.1) is 15.4 Å². The maximum atomic E-state index is 13.5. The van der Waals surface area contributed by atoms with Crippen molar-refractivity contribution in [3.05, 3.63) is 45.9 Å². The number of nitrogens with zero attached hydrogens (tertiary/aromatic N) is 2. The third-order valence-corrected chi connectivity index (χ3v) is 4.08. The minimum absolute atomic E-state index is 0.0594. The minimum Gasteiger partial charge on any atom is -0.478 e. The molecule has 9 heteroatoms. The fraction of sp³-hybridized carbons (Fsp3) is 0. The molecule has 0 saturated carbocycles. The van der Waals surface area contributed by atoms with E-state index in [1.54, 1.807) is 0 Å². The Hall–Kier alpha value is -2.00. The summed E-state index contributed by atoms with van der Waals surface area (Å²) in [5.41, 5.74) is -0.0602. The number of rotatable bonds is 4. The van der Waals surface area contributed by atoms with Gasteiger partial charge >= 0.3 is 11.0 Å². The fourth-order valence-electron chi connectivity index (χ4n) is 1.19. The van der Waals surface area contributed by atoms with E-state index in [0.29, 0.717) is 0 Å². The van der Waals surface area contributed by atoms with Gasteiger partial charge in [-0.2, -0.15) is 0 Å². The molecule has 2 rings (SSSR count). The molecule has 0 fully saturated rings. The van der Waals surface area contributed by atoms with Crippen LogP contribution in [0.15, 0.2) is 33.6 Å². The van der Waals surface area contributed by atoms with Gasteiger partial charge in [0, 0.05) is 0 Å². The first-order chi connectivity index (χ1) is 8.97. The third kappa shape index (κ3) is 3.06. The number of aromatic nitrogens is 1. The number of aromatic carboxylic acids is 1. The molecule has 0 radical (unpaired) electrons. The largest absolute Gasteiger partial charge is 0.478 e. The van der Waals surface area contributed by atoms with Gasteiger partial charge in [-0.1, -0.05) is 11.8 Å². The van der Waals surface area contributed by atoms with Crippen LogP contribution < -0.4 is 0 Å². The highest BCUT2D eigenvalue weighted by molar-refractivity contribution is 8.01. The predicted octanol–water partition coefficient (Wildman–Crippen LogP) is 3.04. The Bertz CT molecular complexity index is 659. The highest BCUT2D eigenvalue weighted by Gasteiger charge is 2.15. The summed E-state index contributed by atoms with van der Waals surface area (Å²) in [5.74, 6) is -1.78. The van der Waals surface area contributed by atoms with Crippen LogP contribution in [-0.4, -0.2) is 21.0 Å². The summed E-state index contributed by atoms with van der Waals surface area (Å²) < 4.78 is 13.8. The lowest BCUT2D eigenvalue weighted by Crippen LogP contribution is -1.96. The molecule has 1 aromatic heterocycles. The quantitative estimate of drug-likeness (QED) is 0.689. The molecule has 0 aliphatic rings. The monoisotopic (exact) mass is 300 g/mol. The number of hydrogen-bond acceptors (Lipinski definition) is 6. The summed E-state index contributed by atoms with van der Waals surface area (Å²) >= 11 is 1.65. The molecule has 0 unspecified atom stereocenters. The number of benzene rings is 1. The second-order valence-corrected chi connectivity index (χ2v) is 5.57. The summed E-state index contributed by atoms with van der Waals surface area (Å²) in [5, 5.41) is 19.1. The first-order valence-electron chi connectivity index (χ1n) is 4.78. The maximum Gasteiger partial charge on any atom is 0.344 e. The Morgan fingerprint density at radius 3 is 2.84 bits per heavy atom. The van der Waals surface area contributed by atoms with E-state index in [-0.39, 0.29) is 19.8 Å². The summed E-state index contributed by atoms with van der Waals surface area (Å²) in [6.45, 7) is 0. The molecule has 1 aromatic carbocycles. The lowest BCUT2D eigenvalue weighted by atomic mass is 10.2. The van der Waals surface area contributed by atoms with Crippen molar-refractivity contribution in [3.63, 3.8) is 0 Å². The van der Waals surface area contributed by atoms with Crippen LogP contribution in [-0.2, 0) is 0 Å². The molecule has 1 heterocycles. The van der Waals surface area contributed by atoms with E-state index >= 15 is 0 Å². The number of nitro groups is 1. The van der Waals surface area contributed by atoms with Crippen molar-refractivity contribution >= 4 is 34.1 Å². The number of halogens is 1. The molecule has 0 atom stereocenters. The second-order valence-electron chi connectivity index (χ2n) is 3.27. The number of hydrogen-bond donors (Lipinski definition) is 1. The zero-order valence-corrected chi connectivity index (χ0v) is 10.7. The Labute approximate surface area is 114 Å². The number of carboxylic acid groups (broad SMARTS) is 1. The van der Waals surface area contributed by atoms with Crippen molar-refractivity contribution in [2.45, 2.75) is 9.24 Å². The molecule has 1 N–H and O–H groups in total. The number of carboxylic acids is 1. The lowest BCUT2D eigenvalue weighted by Gasteiger charge is -2.01. The van der Waals surface area contributed by atoms with Crippen LogP contribution in [0.5, 0.6) is 0 Å². The molecule has 0 saturated heterocycles. The van der Waals surface area contributed by atoms with Crippen LogP contribution in [0.3, 0.4) is 0 Å². The summed E-state index contributed by atoms with van der Waals surface area (Å²) in [6, 6.07) is 3.34. The van der Waals surface area contributed by atoms with Crippen molar-refractivity contribution in [2.24, 2.45) is 0 Å². The number of thiazole rings is 1. The van der Waals surface area contributed by atoms with Crippen LogP contribution in [0, 0.1) is 15.9 Å². The van der Waals surface area contributed by atoms with Gasteiger partial charge in [-0.25, -0.2) is 14.2 Å². The van der Waals surface area contributed by atoms with Crippen molar-refractivity contribution in [3.8, 4) is 0 Å². The van der Waals surface area contributed by atoms with Gasteiger partial charge in [0.25, 0.3) is 0 Å².